The normalized spacial score (nSPS) is 19.6. The van der Waals surface area contributed by atoms with Crippen molar-refractivity contribution in [1.29, 1.82) is 0 Å². The molecule has 1 heterocycles. The van der Waals surface area contributed by atoms with Gasteiger partial charge in [0.1, 0.15) is 5.69 Å². The second kappa shape index (κ2) is 4.36. The van der Waals surface area contributed by atoms with Gasteiger partial charge in [0.2, 0.25) is 0 Å². The number of nitrogens with one attached hydrogen (secondary N) is 2. The van der Waals surface area contributed by atoms with Gasteiger partial charge in [0.05, 0.1) is 4.92 Å². The number of nitrogen functional groups attached to an aromatic ring is 1. The molecular formula is C10H14N4O2. The highest BCUT2D eigenvalue weighted by Crippen LogP contribution is 2.25. The van der Waals surface area contributed by atoms with Crippen molar-refractivity contribution in [1.82, 2.24) is 5.32 Å². The molecule has 0 aromatic heterocycles. The van der Waals surface area contributed by atoms with Crippen molar-refractivity contribution >= 4 is 17.1 Å². The monoisotopic (exact) mass is 222 g/mol. The third-order valence-corrected chi connectivity index (χ3v) is 2.66. The van der Waals surface area contributed by atoms with E-state index in [1.165, 1.54) is 6.07 Å². The van der Waals surface area contributed by atoms with Gasteiger partial charge in [-0.2, -0.15) is 0 Å². The van der Waals surface area contributed by atoms with E-state index < -0.39 is 4.92 Å². The summed E-state index contributed by atoms with van der Waals surface area (Å²) in [4.78, 5) is 10.1. The number of nitro benzene ring substituents is 1. The predicted octanol–water partition coefficient (Wildman–Crippen LogP) is 0.951. The molecule has 1 aromatic carbocycles. The van der Waals surface area contributed by atoms with E-state index in [1.807, 2.05) is 0 Å². The second-order valence-electron chi connectivity index (χ2n) is 3.86. The third-order valence-electron chi connectivity index (χ3n) is 2.66. The highest BCUT2D eigenvalue weighted by atomic mass is 16.6. The zero-order chi connectivity index (χ0) is 11.5. The summed E-state index contributed by atoms with van der Waals surface area (Å²) >= 11 is 0. The minimum Gasteiger partial charge on any atom is -0.393 e. The zero-order valence-electron chi connectivity index (χ0n) is 8.77. The molecule has 1 aliphatic heterocycles. The standard InChI is InChI=1S/C10H14N4O2/c11-9-5-7(1-2-10(9)14(15)16)13-8-3-4-12-6-8/h1-2,5,8,12-13H,3-4,6,11H2. The molecule has 1 fully saturated rings. The summed E-state index contributed by atoms with van der Waals surface area (Å²) in [5.41, 5.74) is 6.58. The van der Waals surface area contributed by atoms with Crippen LogP contribution in [0, 0.1) is 10.1 Å². The lowest BCUT2D eigenvalue weighted by Gasteiger charge is -2.13. The van der Waals surface area contributed by atoms with Crippen molar-refractivity contribution in [3.63, 3.8) is 0 Å². The number of hydrogen-bond acceptors (Lipinski definition) is 5. The fourth-order valence-corrected chi connectivity index (χ4v) is 1.82. The summed E-state index contributed by atoms with van der Waals surface area (Å²) in [7, 11) is 0. The molecule has 0 radical (unpaired) electrons. The Balaban J connectivity index is 2.11. The maximum absolute atomic E-state index is 10.6. The molecule has 16 heavy (non-hydrogen) atoms. The maximum Gasteiger partial charge on any atom is 0.292 e. The van der Waals surface area contributed by atoms with Crippen LogP contribution in [0.4, 0.5) is 17.1 Å². The summed E-state index contributed by atoms with van der Waals surface area (Å²) in [5.74, 6) is 0. The number of anilines is 2. The molecule has 0 bridgehead atoms. The van der Waals surface area contributed by atoms with Crippen molar-refractivity contribution in [2.45, 2.75) is 12.5 Å². The van der Waals surface area contributed by atoms with E-state index >= 15 is 0 Å². The minimum atomic E-state index is -0.476. The van der Waals surface area contributed by atoms with Gasteiger partial charge in [-0.05, 0) is 25.1 Å². The first kappa shape index (κ1) is 10.7. The van der Waals surface area contributed by atoms with Crippen molar-refractivity contribution < 1.29 is 4.92 Å². The smallest absolute Gasteiger partial charge is 0.292 e. The van der Waals surface area contributed by atoms with Crippen molar-refractivity contribution in [3.8, 4) is 0 Å². The van der Waals surface area contributed by atoms with Crippen molar-refractivity contribution in [2.75, 3.05) is 24.1 Å². The van der Waals surface area contributed by atoms with Crippen LogP contribution in [-0.4, -0.2) is 24.1 Å². The molecule has 1 aromatic rings. The first-order chi connectivity index (χ1) is 7.66. The molecule has 1 saturated heterocycles. The Morgan fingerprint density at radius 3 is 2.94 bits per heavy atom. The molecule has 4 N–H and O–H groups in total. The third kappa shape index (κ3) is 2.22. The number of nitro groups is 1. The lowest BCUT2D eigenvalue weighted by molar-refractivity contribution is -0.383. The molecule has 86 valence electrons. The lowest BCUT2D eigenvalue weighted by atomic mass is 10.2. The van der Waals surface area contributed by atoms with E-state index in [2.05, 4.69) is 10.6 Å². The lowest BCUT2D eigenvalue weighted by Crippen LogP contribution is -2.22. The Morgan fingerprint density at radius 2 is 2.38 bits per heavy atom. The van der Waals surface area contributed by atoms with Crippen LogP contribution in [0.25, 0.3) is 0 Å². The molecule has 0 spiro atoms. The molecule has 6 heteroatoms. The van der Waals surface area contributed by atoms with Crippen LogP contribution < -0.4 is 16.4 Å². The van der Waals surface area contributed by atoms with Crippen LogP contribution in [0.5, 0.6) is 0 Å². The Kier molecular flexibility index (Phi) is 2.91. The van der Waals surface area contributed by atoms with Gasteiger partial charge in [0, 0.05) is 24.3 Å². The van der Waals surface area contributed by atoms with Crippen molar-refractivity contribution in [3.05, 3.63) is 28.3 Å². The van der Waals surface area contributed by atoms with Gasteiger partial charge in [0.25, 0.3) is 5.69 Å². The van der Waals surface area contributed by atoms with Crippen LogP contribution in [0.1, 0.15) is 6.42 Å². The largest absolute Gasteiger partial charge is 0.393 e. The van der Waals surface area contributed by atoms with Gasteiger partial charge in [0.15, 0.2) is 0 Å². The van der Waals surface area contributed by atoms with Gasteiger partial charge in [-0.15, -0.1) is 0 Å². The van der Waals surface area contributed by atoms with Gasteiger partial charge >= 0.3 is 0 Å². The molecule has 0 amide bonds. The van der Waals surface area contributed by atoms with Crippen LogP contribution >= 0.6 is 0 Å². The molecule has 6 nitrogen and oxygen atoms in total. The van der Waals surface area contributed by atoms with Gasteiger partial charge in [-0.1, -0.05) is 0 Å². The van der Waals surface area contributed by atoms with Crippen LogP contribution in [0.15, 0.2) is 18.2 Å². The average molecular weight is 222 g/mol. The molecule has 1 atom stereocenters. The maximum atomic E-state index is 10.6. The Morgan fingerprint density at radius 1 is 1.56 bits per heavy atom. The van der Waals surface area contributed by atoms with Crippen LogP contribution in [0.2, 0.25) is 0 Å². The van der Waals surface area contributed by atoms with Crippen LogP contribution in [0.3, 0.4) is 0 Å². The first-order valence-corrected chi connectivity index (χ1v) is 5.18. The van der Waals surface area contributed by atoms with Crippen LogP contribution in [-0.2, 0) is 0 Å². The SMILES string of the molecule is Nc1cc(NC2CCNC2)ccc1[N+](=O)[O-]. The van der Waals surface area contributed by atoms with Gasteiger partial charge in [-0.3, -0.25) is 10.1 Å². The second-order valence-corrected chi connectivity index (χ2v) is 3.86. The van der Waals surface area contributed by atoms with E-state index in [-0.39, 0.29) is 11.4 Å². The average Bonchev–Trinajstić information content (AvgIpc) is 2.70. The first-order valence-electron chi connectivity index (χ1n) is 5.18. The highest BCUT2D eigenvalue weighted by molar-refractivity contribution is 5.66. The number of nitrogens with zero attached hydrogens (tertiary/aromatic N) is 1. The molecule has 0 saturated carbocycles. The summed E-state index contributed by atoms with van der Waals surface area (Å²) in [6, 6.07) is 5.10. The summed E-state index contributed by atoms with van der Waals surface area (Å²) in [6.45, 7) is 1.91. The number of nitrogens with two attached hydrogens (primary N) is 1. The van der Waals surface area contributed by atoms with Crippen molar-refractivity contribution in [2.24, 2.45) is 0 Å². The molecular weight excluding hydrogens is 208 g/mol. The predicted molar refractivity (Wildman–Crippen MR) is 62.4 cm³/mol. The quantitative estimate of drug-likeness (QED) is 0.402. The Hall–Kier alpha value is -1.82. The number of benzene rings is 1. The van der Waals surface area contributed by atoms with Gasteiger partial charge < -0.3 is 16.4 Å². The molecule has 2 rings (SSSR count). The van der Waals surface area contributed by atoms with E-state index in [0.717, 1.165) is 25.2 Å². The van der Waals surface area contributed by atoms with Gasteiger partial charge in [-0.25, -0.2) is 0 Å². The summed E-state index contributed by atoms with van der Waals surface area (Å²) in [5, 5.41) is 17.1. The topological polar surface area (TPSA) is 93.2 Å². The summed E-state index contributed by atoms with van der Waals surface area (Å²) in [6.07, 6.45) is 1.05. The Bertz CT molecular complexity index is 402. The molecule has 1 unspecified atom stereocenters. The Labute approximate surface area is 93.0 Å². The fourth-order valence-electron chi connectivity index (χ4n) is 1.82. The van der Waals surface area contributed by atoms with E-state index in [4.69, 9.17) is 5.73 Å². The number of rotatable bonds is 3. The highest BCUT2D eigenvalue weighted by Gasteiger charge is 2.16. The van der Waals surface area contributed by atoms with E-state index in [1.54, 1.807) is 12.1 Å². The van der Waals surface area contributed by atoms with E-state index in [0.29, 0.717) is 6.04 Å². The number of hydrogen-bond donors (Lipinski definition) is 3. The molecule has 1 aliphatic rings. The molecule has 0 aliphatic carbocycles. The van der Waals surface area contributed by atoms with E-state index in [9.17, 15) is 10.1 Å². The summed E-state index contributed by atoms with van der Waals surface area (Å²) < 4.78 is 0. The minimum absolute atomic E-state index is 0.0462. The fraction of sp³-hybridized carbons (Fsp3) is 0.400. The zero-order valence-corrected chi connectivity index (χ0v) is 8.77.